The lowest BCUT2D eigenvalue weighted by atomic mass is 9.96. The van der Waals surface area contributed by atoms with Gasteiger partial charge in [-0.15, -0.1) is 11.3 Å². The van der Waals surface area contributed by atoms with E-state index in [4.69, 9.17) is 9.47 Å². The van der Waals surface area contributed by atoms with Gasteiger partial charge in [-0.1, -0.05) is 37.3 Å². The Morgan fingerprint density at radius 2 is 1.80 bits per heavy atom. The highest BCUT2D eigenvalue weighted by Crippen LogP contribution is 2.32. The number of carbonyl (C=O) groups excluding carboxylic acids is 2. The number of carbonyl (C=O) groups is 2. The van der Waals surface area contributed by atoms with Gasteiger partial charge in [0.05, 0.1) is 30.7 Å². The molecule has 8 nitrogen and oxygen atoms in total. The van der Waals surface area contributed by atoms with Crippen molar-refractivity contribution in [2.45, 2.75) is 26.2 Å². The molecule has 2 aromatic heterocycles. The third kappa shape index (κ3) is 4.81. The lowest BCUT2D eigenvalue weighted by molar-refractivity contribution is -0.117. The van der Waals surface area contributed by atoms with Crippen LogP contribution in [0.4, 0.5) is 5.00 Å². The summed E-state index contributed by atoms with van der Waals surface area (Å²) in [6, 6.07) is 16.2. The molecular formula is C26H25N3O5S. The van der Waals surface area contributed by atoms with Crippen LogP contribution in [-0.2, 0) is 9.53 Å². The quantitative estimate of drug-likeness (QED) is 0.357. The van der Waals surface area contributed by atoms with E-state index in [-0.39, 0.29) is 29.5 Å². The highest BCUT2D eigenvalue weighted by Gasteiger charge is 2.25. The fourth-order valence-electron chi connectivity index (χ4n) is 3.85. The summed E-state index contributed by atoms with van der Waals surface area (Å²) in [5.74, 6) is -0.648. The van der Waals surface area contributed by atoms with Crippen LogP contribution in [0.15, 0.2) is 64.8 Å². The molecule has 1 unspecified atom stereocenters. The van der Waals surface area contributed by atoms with Crippen molar-refractivity contribution >= 4 is 39.0 Å². The first-order valence-corrected chi connectivity index (χ1v) is 12.1. The van der Waals surface area contributed by atoms with E-state index in [0.717, 1.165) is 10.2 Å². The molecule has 2 aromatic carbocycles. The molecule has 2 heterocycles. The summed E-state index contributed by atoms with van der Waals surface area (Å²) >= 11 is 1.17. The number of anilines is 1. The summed E-state index contributed by atoms with van der Waals surface area (Å²) in [5, 5.41) is 9.79. The average molecular weight is 492 g/mol. The molecule has 4 rings (SSSR count). The van der Waals surface area contributed by atoms with Crippen molar-refractivity contribution in [1.29, 1.82) is 0 Å². The van der Waals surface area contributed by atoms with Gasteiger partial charge >= 0.3 is 5.97 Å². The second-order valence-corrected chi connectivity index (χ2v) is 8.58. The molecule has 0 aliphatic rings. The van der Waals surface area contributed by atoms with Crippen molar-refractivity contribution in [3.05, 3.63) is 81.6 Å². The number of rotatable bonds is 8. The van der Waals surface area contributed by atoms with E-state index < -0.39 is 11.5 Å². The van der Waals surface area contributed by atoms with Gasteiger partial charge in [0.15, 0.2) is 5.69 Å². The van der Waals surface area contributed by atoms with E-state index >= 15 is 0 Å². The number of fused-ring (bicyclic) bond motifs is 1. The second-order valence-electron chi connectivity index (χ2n) is 7.70. The van der Waals surface area contributed by atoms with E-state index in [1.54, 1.807) is 43.7 Å². The van der Waals surface area contributed by atoms with Gasteiger partial charge < -0.3 is 14.8 Å². The lowest BCUT2D eigenvalue weighted by Gasteiger charge is -2.15. The number of benzene rings is 2. The minimum absolute atomic E-state index is 0.00381. The van der Waals surface area contributed by atoms with Gasteiger partial charge in [0, 0.05) is 10.8 Å². The molecular weight excluding hydrogens is 466 g/mol. The molecule has 1 atom stereocenters. The van der Waals surface area contributed by atoms with Gasteiger partial charge in [-0.2, -0.15) is 9.78 Å². The van der Waals surface area contributed by atoms with Crippen LogP contribution in [0.2, 0.25) is 0 Å². The molecule has 0 spiro atoms. The summed E-state index contributed by atoms with van der Waals surface area (Å²) in [6.45, 7) is 3.79. The minimum atomic E-state index is -0.647. The van der Waals surface area contributed by atoms with Gasteiger partial charge in [0.2, 0.25) is 5.91 Å². The SMILES string of the molecule is CCOC(=O)c1nn(-c2ccc(OC)cc2)c(=O)c2c(NC(=O)C(CC)c3ccccc3)scc12. The monoisotopic (exact) mass is 491 g/mol. The summed E-state index contributed by atoms with van der Waals surface area (Å²) < 4.78 is 11.5. The number of aromatic nitrogens is 2. The third-order valence-corrected chi connectivity index (χ3v) is 6.50. The molecule has 0 saturated heterocycles. The van der Waals surface area contributed by atoms with Crippen molar-refractivity contribution in [3.63, 3.8) is 0 Å². The number of esters is 1. The maximum atomic E-state index is 13.6. The average Bonchev–Trinajstić information content (AvgIpc) is 3.29. The van der Waals surface area contributed by atoms with Crippen LogP contribution in [0.25, 0.3) is 16.5 Å². The van der Waals surface area contributed by atoms with Crippen molar-refractivity contribution < 1.29 is 19.1 Å². The Morgan fingerprint density at radius 1 is 1.09 bits per heavy atom. The Morgan fingerprint density at radius 3 is 2.43 bits per heavy atom. The molecule has 4 aromatic rings. The Balaban J connectivity index is 1.83. The molecule has 0 saturated carbocycles. The van der Waals surface area contributed by atoms with E-state index in [1.807, 2.05) is 37.3 Å². The maximum Gasteiger partial charge on any atom is 0.359 e. The fourth-order valence-corrected chi connectivity index (χ4v) is 4.79. The number of hydrogen-bond acceptors (Lipinski definition) is 7. The second kappa shape index (κ2) is 10.5. The zero-order chi connectivity index (χ0) is 24.9. The normalized spacial score (nSPS) is 11.7. The van der Waals surface area contributed by atoms with Gasteiger partial charge in [-0.05, 0) is 43.2 Å². The van der Waals surface area contributed by atoms with E-state index in [9.17, 15) is 14.4 Å². The molecule has 0 fully saturated rings. The van der Waals surface area contributed by atoms with Crippen LogP contribution in [0.5, 0.6) is 5.75 Å². The van der Waals surface area contributed by atoms with E-state index in [2.05, 4.69) is 10.4 Å². The number of ether oxygens (including phenoxy) is 2. The molecule has 1 amide bonds. The Bertz CT molecular complexity index is 1410. The summed E-state index contributed by atoms with van der Waals surface area (Å²) in [4.78, 5) is 39.5. The first-order valence-electron chi connectivity index (χ1n) is 11.2. The topological polar surface area (TPSA) is 99.5 Å². The molecule has 9 heteroatoms. The van der Waals surface area contributed by atoms with Gasteiger partial charge in [0.1, 0.15) is 10.8 Å². The Labute approximate surface area is 206 Å². The lowest BCUT2D eigenvalue weighted by Crippen LogP contribution is -2.26. The number of amides is 1. The number of hydrogen-bond donors (Lipinski definition) is 1. The van der Waals surface area contributed by atoms with Gasteiger partial charge in [-0.3, -0.25) is 9.59 Å². The zero-order valence-corrected chi connectivity index (χ0v) is 20.4. The summed E-state index contributed by atoms with van der Waals surface area (Å²) in [5.41, 5.74) is 0.881. The van der Waals surface area contributed by atoms with Crippen molar-refractivity contribution in [3.8, 4) is 11.4 Å². The van der Waals surface area contributed by atoms with Gasteiger partial charge in [0.25, 0.3) is 5.56 Å². The predicted molar refractivity (Wildman–Crippen MR) is 136 cm³/mol. The van der Waals surface area contributed by atoms with Crippen LogP contribution in [0.3, 0.4) is 0 Å². The number of nitrogens with one attached hydrogen (secondary N) is 1. The summed E-state index contributed by atoms with van der Waals surface area (Å²) in [7, 11) is 1.55. The highest BCUT2D eigenvalue weighted by molar-refractivity contribution is 7.16. The number of nitrogens with zero attached hydrogens (tertiary/aromatic N) is 2. The standard InChI is InChI=1S/C26H25N3O5S/c1-4-19(16-9-7-6-8-10-16)23(30)27-24-21-20(15-35-24)22(26(32)34-5-2)28-29(25(21)31)17-11-13-18(33-3)14-12-17/h6-15,19H,4-5H2,1-3H3,(H,27,30). The molecule has 0 aliphatic heterocycles. The Hall–Kier alpha value is -3.98. The first-order chi connectivity index (χ1) is 17.0. The molecule has 35 heavy (non-hydrogen) atoms. The van der Waals surface area contributed by atoms with Crippen LogP contribution in [0, 0.1) is 0 Å². The molecule has 0 aliphatic carbocycles. The largest absolute Gasteiger partial charge is 0.497 e. The van der Waals surface area contributed by atoms with Crippen LogP contribution < -0.4 is 15.6 Å². The predicted octanol–water partition coefficient (Wildman–Crippen LogP) is 4.76. The zero-order valence-electron chi connectivity index (χ0n) is 19.6. The molecule has 180 valence electrons. The smallest absolute Gasteiger partial charge is 0.359 e. The number of methoxy groups -OCH3 is 1. The number of thiophene rings is 1. The van der Waals surface area contributed by atoms with E-state index in [1.165, 1.54) is 11.3 Å². The van der Waals surface area contributed by atoms with Crippen molar-refractivity contribution in [2.75, 3.05) is 19.0 Å². The first kappa shape index (κ1) is 24.2. The van der Waals surface area contributed by atoms with Crippen LogP contribution in [0.1, 0.15) is 42.2 Å². The highest BCUT2D eigenvalue weighted by atomic mass is 32.1. The summed E-state index contributed by atoms with van der Waals surface area (Å²) in [6.07, 6.45) is 0.588. The van der Waals surface area contributed by atoms with E-state index in [0.29, 0.717) is 28.2 Å². The van der Waals surface area contributed by atoms with Crippen molar-refractivity contribution in [1.82, 2.24) is 9.78 Å². The van der Waals surface area contributed by atoms with Crippen LogP contribution >= 0.6 is 11.3 Å². The maximum absolute atomic E-state index is 13.6. The van der Waals surface area contributed by atoms with Crippen LogP contribution in [-0.4, -0.2) is 35.4 Å². The third-order valence-electron chi connectivity index (χ3n) is 5.60. The molecule has 0 bridgehead atoms. The minimum Gasteiger partial charge on any atom is -0.497 e. The van der Waals surface area contributed by atoms with Gasteiger partial charge in [-0.25, -0.2) is 4.79 Å². The molecule has 1 N–H and O–H groups in total. The fraction of sp³-hybridized carbons (Fsp3) is 0.231. The molecule has 0 radical (unpaired) electrons. The Kier molecular flexibility index (Phi) is 7.26. The van der Waals surface area contributed by atoms with Crippen molar-refractivity contribution in [2.24, 2.45) is 0 Å².